The number of aliphatic imine (C=N–C) groups is 1. The molecule has 0 spiro atoms. The van der Waals surface area contributed by atoms with Crippen LogP contribution in [0.5, 0.6) is 0 Å². The maximum Gasteiger partial charge on any atom is 0.190 e. The lowest BCUT2D eigenvalue weighted by molar-refractivity contribution is 0.296. The lowest BCUT2D eigenvalue weighted by atomic mass is 9.73. The van der Waals surface area contributed by atoms with Gasteiger partial charge in [0, 0.05) is 30.9 Å². The quantitative estimate of drug-likeness (QED) is 0.470. The van der Waals surface area contributed by atoms with Crippen molar-refractivity contribution in [1.82, 2.24) is 10.6 Å². The van der Waals surface area contributed by atoms with Crippen LogP contribution in [0, 0.1) is 0 Å². The van der Waals surface area contributed by atoms with Gasteiger partial charge in [0.05, 0.1) is 0 Å². The van der Waals surface area contributed by atoms with Crippen LogP contribution in [0.25, 0.3) is 0 Å². The Hall–Kier alpha value is -0.300. The van der Waals surface area contributed by atoms with Crippen molar-refractivity contribution in [1.29, 1.82) is 0 Å². The Bertz CT molecular complexity index is 383. The molecule has 1 fully saturated rings. The predicted molar refractivity (Wildman–Crippen MR) is 94.9 cm³/mol. The zero-order valence-corrected chi connectivity index (χ0v) is 14.9. The third-order valence-corrected chi connectivity index (χ3v) is 5.03. The van der Waals surface area contributed by atoms with Crippen LogP contribution in [0.15, 0.2) is 22.5 Å². The lowest BCUT2D eigenvalue weighted by Gasteiger charge is -2.37. The van der Waals surface area contributed by atoms with Gasteiger partial charge in [-0.05, 0) is 24.3 Å². The highest BCUT2D eigenvalue weighted by Gasteiger charge is 2.34. The summed E-state index contributed by atoms with van der Waals surface area (Å²) in [6.07, 6.45) is 6.66. The molecule has 0 atom stereocenters. The van der Waals surface area contributed by atoms with Gasteiger partial charge in [0.25, 0.3) is 0 Å². The van der Waals surface area contributed by atoms with Crippen molar-refractivity contribution in [2.45, 2.75) is 37.5 Å². The van der Waals surface area contributed by atoms with Gasteiger partial charge in [0.1, 0.15) is 0 Å². The second-order valence-electron chi connectivity index (χ2n) is 4.99. The summed E-state index contributed by atoms with van der Waals surface area (Å²) in [5, 5.41) is 8.75. The van der Waals surface area contributed by atoms with Gasteiger partial charge in [0.15, 0.2) is 5.96 Å². The second-order valence-corrected chi connectivity index (χ2v) is 5.94. The van der Waals surface area contributed by atoms with E-state index in [1.807, 2.05) is 25.4 Å². The maximum atomic E-state index is 4.20. The molecule has 0 bridgehead atoms. The first-order valence-electron chi connectivity index (χ1n) is 6.73. The number of halogens is 1. The molecule has 2 rings (SSSR count). The molecule has 1 saturated carbocycles. The lowest BCUT2D eigenvalue weighted by Crippen LogP contribution is -2.45. The third kappa shape index (κ3) is 4.08. The number of rotatable bonds is 3. The van der Waals surface area contributed by atoms with E-state index in [9.17, 15) is 0 Å². The van der Waals surface area contributed by atoms with E-state index in [0.717, 1.165) is 12.5 Å². The molecule has 2 N–H and O–H groups in total. The molecule has 1 aromatic heterocycles. The molecule has 1 aliphatic rings. The molecule has 108 valence electrons. The number of nitrogens with zero attached hydrogens (tertiary/aromatic N) is 1. The van der Waals surface area contributed by atoms with Crippen LogP contribution in [0.1, 0.15) is 37.0 Å². The van der Waals surface area contributed by atoms with Crippen molar-refractivity contribution in [2.24, 2.45) is 4.99 Å². The number of thiophene rings is 1. The minimum absolute atomic E-state index is 0. The summed E-state index contributed by atoms with van der Waals surface area (Å²) in [6, 6.07) is 4.46. The van der Waals surface area contributed by atoms with Crippen molar-refractivity contribution in [3.63, 3.8) is 0 Å². The van der Waals surface area contributed by atoms with Crippen LogP contribution in [-0.2, 0) is 5.41 Å². The summed E-state index contributed by atoms with van der Waals surface area (Å²) in [4.78, 5) is 5.73. The number of hydrogen-bond donors (Lipinski definition) is 2. The number of nitrogens with one attached hydrogen (secondary N) is 2. The fourth-order valence-electron chi connectivity index (χ4n) is 2.85. The minimum atomic E-state index is 0. The normalized spacial score (nSPS) is 18.5. The van der Waals surface area contributed by atoms with Crippen LogP contribution in [0.2, 0.25) is 0 Å². The van der Waals surface area contributed by atoms with Crippen LogP contribution >= 0.6 is 35.3 Å². The van der Waals surface area contributed by atoms with Crippen LogP contribution < -0.4 is 10.6 Å². The Morgan fingerprint density at radius 2 is 2.11 bits per heavy atom. The van der Waals surface area contributed by atoms with E-state index in [2.05, 4.69) is 33.1 Å². The van der Waals surface area contributed by atoms with Gasteiger partial charge < -0.3 is 10.6 Å². The molecule has 0 aliphatic heterocycles. The Labute approximate surface area is 137 Å². The van der Waals surface area contributed by atoms with Gasteiger partial charge in [-0.1, -0.05) is 25.3 Å². The predicted octanol–water partition coefficient (Wildman–Crippen LogP) is 3.36. The Balaban J connectivity index is 0.00000180. The number of hydrogen-bond acceptors (Lipinski definition) is 2. The monoisotopic (exact) mass is 393 g/mol. The van der Waals surface area contributed by atoms with E-state index in [-0.39, 0.29) is 24.0 Å². The summed E-state index contributed by atoms with van der Waals surface area (Å²) in [6.45, 7) is 0.987. The van der Waals surface area contributed by atoms with E-state index in [1.54, 1.807) is 0 Å². The summed E-state index contributed by atoms with van der Waals surface area (Å²) in [5.74, 6) is 0.886. The largest absolute Gasteiger partial charge is 0.359 e. The highest BCUT2D eigenvalue weighted by molar-refractivity contribution is 14.0. The van der Waals surface area contributed by atoms with Crippen LogP contribution in [0.3, 0.4) is 0 Å². The first-order valence-corrected chi connectivity index (χ1v) is 7.61. The SMILES string of the molecule is CN=C(NC)NCC1(c2cccs2)CCCCC1.I. The average molecular weight is 393 g/mol. The standard InChI is InChI=1S/C14H23N3S.HI/c1-15-13(16-2)17-11-14(8-4-3-5-9-14)12-7-6-10-18-12;/h6-7,10H,3-5,8-9,11H2,1-2H3,(H2,15,16,17);1H. The molecule has 0 aromatic carbocycles. The molecular weight excluding hydrogens is 369 g/mol. The molecule has 3 nitrogen and oxygen atoms in total. The van der Waals surface area contributed by atoms with Crippen molar-refractivity contribution in [3.05, 3.63) is 22.4 Å². The summed E-state index contributed by atoms with van der Waals surface area (Å²) >= 11 is 1.89. The van der Waals surface area contributed by atoms with E-state index >= 15 is 0 Å². The molecule has 19 heavy (non-hydrogen) atoms. The third-order valence-electron chi connectivity index (χ3n) is 3.91. The topological polar surface area (TPSA) is 36.4 Å². The van der Waals surface area contributed by atoms with E-state index < -0.39 is 0 Å². The van der Waals surface area contributed by atoms with E-state index in [1.165, 1.54) is 37.0 Å². The highest BCUT2D eigenvalue weighted by Crippen LogP contribution is 2.40. The van der Waals surface area contributed by atoms with Gasteiger partial charge >= 0.3 is 0 Å². The van der Waals surface area contributed by atoms with Gasteiger partial charge in [-0.15, -0.1) is 35.3 Å². The molecular formula is C14H24IN3S. The first kappa shape index (κ1) is 16.8. The van der Waals surface area contributed by atoms with Crippen molar-refractivity contribution >= 4 is 41.3 Å². The Morgan fingerprint density at radius 3 is 2.63 bits per heavy atom. The molecule has 0 unspecified atom stereocenters. The van der Waals surface area contributed by atoms with Gasteiger partial charge in [-0.25, -0.2) is 0 Å². The summed E-state index contributed by atoms with van der Waals surface area (Å²) in [5.41, 5.74) is 0.319. The molecule has 5 heteroatoms. The fourth-order valence-corrected chi connectivity index (χ4v) is 3.84. The van der Waals surface area contributed by atoms with Crippen molar-refractivity contribution in [2.75, 3.05) is 20.6 Å². The summed E-state index contributed by atoms with van der Waals surface area (Å²) in [7, 11) is 3.73. The Morgan fingerprint density at radius 1 is 1.37 bits per heavy atom. The zero-order chi connectivity index (χ0) is 12.8. The average Bonchev–Trinajstić information content (AvgIpc) is 2.95. The van der Waals surface area contributed by atoms with Gasteiger partial charge in [-0.2, -0.15) is 0 Å². The second kappa shape index (κ2) is 8.09. The minimum Gasteiger partial charge on any atom is -0.359 e. The summed E-state index contributed by atoms with van der Waals surface area (Å²) < 4.78 is 0. The van der Waals surface area contributed by atoms with Gasteiger partial charge in [0.2, 0.25) is 0 Å². The molecule has 0 saturated heterocycles. The molecule has 1 aliphatic carbocycles. The highest BCUT2D eigenvalue weighted by atomic mass is 127. The van der Waals surface area contributed by atoms with Crippen molar-refractivity contribution in [3.8, 4) is 0 Å². The Kier molecular flexibility index (Phi) is 7.13. The molecule has 0 radical (unpaired) electrons. The maximum absolute atomic E-state index is 4.20. The van der Waals surface area contributed by atoms with E-state index in [0.29, 0.717) is 5.41 Å². The smallest absolute Gasteiger partial charge is 0.190 e. The first-order chi connectivity index (χ1) is 8.80. The van der Waals surface area contributed by atoms with Crippen molar-refractivity contribution < 1.29 is 0 Å². The number of guanidine groups is 1. The van der Waals surface area contributed by atoms with E-state index in [4.69, 9.17) is 0 Å². The molecule has 0 amide bonds. The zero-order valence-electron chi connectivity index (χ0n) is 11.7. The fraction of sp³-hybridized carbons (Fsp3) is 0.643. The van der Waals surface area contributed by atoms with Gasteiger partial charge in [-0.3, -0.25) is 4.99 Å². The molecule has 1 heterocycles. The van der Waals surface area contributed by atoms with Crippen LogP contribution in [-0.4, -0.2) is 26.6 Å². The molecule has 1 aromatic rings. The van der Waals surface area contributed by atoms with Crippen LogP contribution in [0.4, 0.5) is 0 Å².